The van der Waals surface area contributed by atoms with Gasteiger partial charge in [-0.3, -0.25) is 9.59 Å². The molecule has 1 aliphatic rings. The van der Waals surface area contributed by atoms with E-state index in [2.05, 4.69) is 21.1 Å². The molecule has 36 heavy (non-hydrogen) atoms. The molecule has 1 heterocycles. The summed E-state index contributed by atoms with van der Waals surface area (Å²) in [5.41, 5.74) is 2.35. The van der Waals surface area contributed by atoms with Gasteiger partial charge in [-0.1, -0.05) is 22.8 Å². The molecule has 0 radical (unpaired) electrons. The van der Waals surface area contributed by atoms with Gasteiger partial charge in [0.05, 0.1) is 22.2 Å². The Kier molecular flexibility index (Phi) is 9.70. The van der Waals surface area contributed by atoms with Crippen LogP contribution >= 0.6 is 23.4 Å². The molecule has 0 saturated carbocycles. The van der Waals surface area contributed by atoms with Gasteiger partial charge < -0.3 is 25.9 Å². The highest BCUT2D eigenvalue weighted by Crippen LogP contribution is 2.32. The van der Waals surface area contributed by atoms with E-state index in [1.54, 1.807) is 6.92 Å². The summed E-state index contributed by atoms with van der Waals surface area (Å²) in [6.07, 6.45) is -0.833. The molecule has 0 aliphatic carbocycles. The van der Waals surface area contributed by atoms with Crippen LogP contribution in [0, 0.1) is 0 Å². The molecular formula is C22H26ClN5O6S2. The van der Waals surface area contributed by atoms with Crippen molar-refractivity contribution in [2.24, 2.45) is 10.3 Å². The summed E-state index contributed by atoms with van der Waals surface area (Å²) in [6.45, 7) is 2.54. The normalized spacial score (nSPS) is 14.6. The lowest BCUT2D eigenvalue weighted by Crippen LogP contribution is -2.36. The van der Waals surface area contributed by atoms with Gasteiger partial charge in [0.25, 0.3) is 5.91 Å². The molecule has 6 N–H and O–H groups in total. The zero-order chi connectivity index (χ0) is 26.3. The zero-order valence-corrected chi connectivity index (χ0v) is 21.7. The third-order valence-electron chi connectivity index (χ3n) is 4.97. The summed E-state index contributed by atoms with van der Waals surface area (Å²) in [7, 11) is -4.05. The Labute approximate surface area is 217 Å². The van der Waals surface area contributed by atoms with Gasteiger partial charge in [-0.2, -0.15) is 0 Å². The molecule has 2 amide bonds. The number of nitrogens with zero attached hydrogens (tertiary/aromatic N) is 1. The smallest absolute Gasteiger partial charge is 0.251 e. The summed E-state index contributed by atoms with van der Waals surface area (Å²) in [6, 6.07) is 9.37. The van der Waals surface area contributed by atoms with Crippen LogP contribution in [-0.4, -0.2) is 69.1 Å². The van der Waals surface area contributed by atoms with Crippen LogP contribution in [0.4, 0.5) is 5.69 Å². The maximum absolute atomic E-state index is 12.2. The second-order valence-electron chi connectivity index (χ2n) is 7.82. The molecule has 2 aromatic carbocycles. The number of benzene rings is 2. The number of primary sulfonamides is 1. The molecule has 0 aromatic heterocycles. The Balaban J connectivity index is 1.36. The number of oxime groups is 1. The van der Waals surface area contributed by atoms with E-state index >= 15 is 0 Å². The highest BCUT2D eigenvalue weighted by atomic mass is 35.5. The molecular weight excluding hydrogens is 530 g/mol. The number of hydrogen-bond acceptors (Lipinski definition) is 9. The molecule has 0 fully saturated rings. The third-order valence-corrected chi connectivity index (χ3v) is 7.42. The van der Waals surface area contributed by atoms with Crippen LogP contribution in [0.1, 0.15) is 22.8 Å². The van der Waals surface area contributed by atoms with E-state index in [0.717, 1.165) is 22.2 Å². The zero-order valence-electron chi connectivity index (χ0n) is 19.3. The average molecular weight is 556 g/mol. The van der Waals surface area contributed by atoms with E-state index in [1.165, 1.54) is 23.9 Å². The molecule has 1 aliphatic heterocycles. The lowest BCUT2D eigenvalue weighted by molar-refractivity contribution is -0.113. The maximum Gasteiger partial charge on any atom is 0.251 e. The number of amides is 2. The Morgan fingerprint density at radius 1 is 1.28 bits per heavy atom. The number of carbonyl (C=O) groups excluding carboxylic acids is 2. The van der Waals surface area contributed by atoms with E-state index in [4.69, 9.17) is 21.6 Å². The minimum absolute atomic E-state index is 0.0285. The van der Waals surface area contributed by atoms with Gasteiger partial charge in [-0.05, 0) is 37.3 Å². The van der Waals surface area contributed by atoms with E-state index in [-0.39, 0.29) is 41.1 Å². The van der Waals surface area contributed by atoms with Crippen molar-refractivity contribution in [1.82, 2.24) is 10.6 Å². The number of sulfonamides is 1. The molecule has 14 heteroatoms. The first-order chi connectivity index (χ1) is 17.0. The van der Waals surface area contributed by atoms with Crippen LogP contribution < -0.4 is 21.1 Å². The highest BCUT2D eigenvalue weighted by Gasteiger charge is 2.17. The molecule has 0 spiro atoms. The van der Waals surface area contributed by atoms with Crippen LogP contribution in [0.2, 0.25) is 5.02 Å². The summed E-state index contributed by atoms with van der Waals surface area (Å²) in [5.74, 6) is -0.151. The van der Waals surface area contributed by atoms with E-state index in [9.17, 15) is 23.1 Å². The molecule has 3 rings (SSSR count). The van der Waals surface area contributed by atoms with Gasteiger partial charge in [0, 0.05) is 35.7 Å². The first kappa shape index (κ1) is 27.9. The van der Waals surface area contributed by atoms with Crippen molar-refractivity contribution in [3.05, 3.63) is 52.5 Å². The number of nitrogens with two attached hydrogens (primary N) is 1. The predicted molar refractivity (Wildman–Crippen MR) is 138 cm³/mol. The molecule has 11 nitrogen and oxygen atoms in total. The molecule has 0 bridgehead atoms. The number of halogens is 1. The number of anilines is 1. The number of aliphatic hydroxyl groups excluding tert-OH is 1. The Hall–Kier alpha value is -2.68. The van der Waals surface area contributed by atoms with Gasteiger partial charge >= 0.3 is 0 Å². The van der Waals surface area contributed by atoms with Crippen LogP contribution in [0.15, 0.2) is 51.3 Å². The molecule has 1 unspecified atom stereocenters. The highest BCUT2D eigenvalue weighted by molar-refractivity contribution is 8.00. The SMILES string of the molecule is C/C(=N\OCC(O)CNCCNC(=O)c1ccc(Cl)c(S(N)(=O)=O)c1)c1ccc2c(c1)SCC(=O)N2. The number of nitrogens with one attached hydrogen (secondary N) is 3. The Morgan fingerprint density at radius 2 is 2.03 bits per heavy atom. The number of hydrogen-bond donors (Lipinski definition) is 5. The van der Waals surface area contributed by atoms with Crippen LogP contribution in [0.5, 0.6) is 0 Å². The number of carbonyl (C=O) groups is 2. The van der Waals surface area contributed by atoms with E-state index in [1.807, 2.05) is 18.2 Å². The average Bonchev–Trinajstić information content (AvgIpc) is 2.82. The minimum Gasteiger partial charge on any atom is -0.393 e. The topological polar surface area (TPSA) is 172 Å². The van der Waals surface area contributed by atoms with Crippen molar-refractivity contribution in [1.29, 1.82) is 0 Å². The largest absolute Gasteiger partial charge is 0.393 e. The summed E-state index contributed by atoms with van der Waals surface area (Å²) >= 11 is 7.27. The van der Waals surface area contributed by atoms with Gasteiger partial charge in [0.1, 0.15) is 17.6 Å². The number of thioether (sulfide) groups is 1. The quantitative estimate of drug-likeness (QED) is 0.156. The maximum atomic E-state index is 12.2. The summed E-state index contributed by atoms with van der Waals surface area (Å²) in [4.78, 5) is 29.6. The van der Waals surface area contributed by atoms with Crippen LogP contribution in [0.25, 0.3) is 0 Å². The van der Waals surface area contributed by atoms with Crippen molar-refractivity contribution in [2.45, 2.75) is 22.8 Å². The molecule has 0 saturated heterocycles. The van der Waals surface area contributed by atoms with Crippen LogP contribution in [-0.2, 0) is 19.7 Å². The summed E-state index contributed by atoms with van der Waals surface area (Å²) in [5, 5.41) is 27.6. The Morgan fingerprint density at radius 3 is 2.78 bits per heavy atom. The lowest BCUT2D eigenvalue weighted by Gasteiger charge is -2.17. The third kappa shape index (κ3) is 7.91. The van der Waals surface area contributed by atoms with Crippen LogP contribution in [0.3, 0.4) is 0 Å². The summed E-state index contributed by atoms with van der Waals surface area (Å²) < 4.78 is 23.1. The van der Waals surface area contributed by atoms with Gasteiger partial charge in [0.15, 0.2) is 0 Å². The fraction of sp³-hybridized carbons (Fsp3) is 0.318. The van der Waals surface area contributed by atoms with E-state index in [0.29, 0.717) is 18.0 Å². The standard InChI is InChI=1S/C22H26ClN5O6S2/c1-13(14-3-5-18-19(8-14)35-12-21(30)27-18)28-34-11-16(29)10-25-6-7-26-22(31)15-2-4-17(23)20(9-15)36(24,32)33/h2-5,8-9,16,25,29H,6-7,10-12H2,1H3,(H,26,31)(H,27,30)(H2,24,32,33)/b28-13+. The van der Waals surface area contributed by atoms with Gasteiger partial charge in [-0.25, -0.2) is 13.6 Å². The van der Waals surface area contributed by atoms with Crippen molar-refractivity contribution in [3.8, 4) is 0 Å². The number of rotatable bonds is 11. The predicted octanol–water partition coefficient (Wildman–Crippen LogP) is 1.15. The fourth-order valence-electron chi connectivity index (χ4n) is 3.13. The lowest BCUT2D eigenvalue weighted by atomic mass is 10.1. The van der Waals surface area contributed by atoms with E-state index < -0.39 is 22.0 Å². The first-order valence-corrected chi connectivity index (χ1v) is 13.7. The molecule has 194 valence electrons. The van der Waals surface area contributed by atoms with Gasteiger partial charge in [0.2, 0.25) is 15.9 Å². The van der Waals surface area contributed by atoms with Crippen molar-refractivity contribution >= 4 is 56.6 Å². The number of aliphatic hydroxyl groups is 1. The van der Waals surface area contributed by atoms with Crippen molar-refractivity contribution in [2.75, 3.05) is 37.3 Å². The molecule has 1 atom stereocenters. The fourth-order valence-corrected chi connectivity index (χ4v) is 5.04. The van der Waals surface area contributed by atoms with Gasteiger partial charge in [-0.15, -0.1) is 11.8 Å². The second kappa shape index (κ2) is 12.5. The first-order valence-electron chi connectivity index (χ1n) is 10.8. The molecule has 2 aromatic rings. The van der Waals surface area contributed by atoms with Crippen molar-refractivity contribution < 1.29 is 28.0 Å². The number of fused-ring (bicyclic) bond motifs is 1. The second-order valence-corrected chi connectivity index (χ2v) is 10.8. The Bertz CT molecular complexity index is 1270. The minimum atomic E-state index is -4.05. The van der Waals surface area contributed by atoms with Crippen molar-refractivity contribution in [3.63, 3.8) is 0 Å². The monoisotopic (exact) mass is 555 g/mol.